The van der Waals surface area contributed by atoms with Gasteiger partial charge in [-0.1, -0.05) is 29.8 Å². The summed E-state index contributed by atoms with van der Waals surface area (Å²) in [6.07, 6.45) is 6.20. The van der Waals surface area contributed by atoms with Crippen LogP contribution in [0.5, 0.6) is 0 Å². The first kappa shape index (κ1) is 23.8. The molecule has 0 radical (unpaired) electrons. The lowest BCUT2D eigenvalue weighted by molar-refractivity contribution is 0.0129. The Morgan fingerprint density at radius 2 is 1.94 bits per heavy atom. The van der Waals surface area contributed by atoms with E-state index in [1.807, 2.05) is 44.0 Å². The topological polar surface area (TPSA) is 48.9 Å². The summed E-state index contributed by atoms with van der Waals surface area (Å²) in [6.45, 7) is 9.57. The fraction of sp³-hybridized carbons (Fsp3) is 0.538. The molecule has 2 aromatic rings. The Bertz CT molecular complexity index is 1060. The van der Waals surface area contributed by atoms with Crippen molar-refractivity contribution in [3.63, 3.8) is 0 Å². The summed E-state index contributed by atoms with van der Waals surface area (Å²) in [5, 5.41) is 0.758. The summed E-state index contributed by atoms with van der Waals surface area (Å²) in [6, 6.07) is 11.0. The lowest BCUT2D eigenvalue weighted by Crippen LogP contribution is -2.50. The van der Waals surface area contributed by atoms with Gasteiger partial charge in [-0.3, -0.25) is 4.90 Å². The van der Waals surface area contributed by atoms with Gasteiger partial charge in [-0.2, -0.15) is 0 Å². The molecule has 2 saturated heterocycles. The van der Waals surface area contributed by atoms with E-state index < -0.39 is 5.60 Å². The second kappa shape index (κ2) is 9.59. The standard InChI is InChI=1S/C26H33ClN4O2S/c1-26(2,3)33-25(32)31-17-19-15-20(31)16-29(19)12-5-4-6-13-30-21-14-18(27)9-10-22(21)34-23-8-7-11-28-24(23)30/h7-11,14,19-20H,4-6,12-13,15-17H2,1-3H3. The Labute approximate surface area is 211 Å². The van der Waals surface area contributed by atoms with Crippen LogP contribution in [0.1, 0.15) is 46.5 Å². The van der Waals surface area contributed by atoms with Crippen molar-refractivity contribution in [2.75, 3.05) is 31.1 Å². The molecule has 34 heavy (non-hydrogen) atoms. The van der Waals surface area contributed by atoms with Crippen molar-refractivity contribution in [2.24, 2.45) is 0 Å². The Balaban J connectivity index is 1.11. The summed E-state index contributed by atoms with van der Waals surface area (Å²) in [4.78, 5) is 26.4. The number of fused-ring (bicyclic) bond motifs is 4. The van der Waals surface area contributed by atoms with Crippen LogP contribution in [0.4, 0.5) is 16.3 Å². The van der Waals surface area contributed by atoms with Gasteiger partial charge >= 0.3 is 6.09 Å². The highest BCUT2D eigenvalue weighted by Gasteiger charge is 2.46. The van der Waals surface area contributed by atoms with Gasteiger partial charge in [0.15, 0.2) is 0 Å². The number of carbonyl (C=O) groups excluding carboxylic acids is 1. The van der Waals surface area contributed by atoms with E-state index in [0.717, 1.165) is 68.4 Å². The number of benzene rings is 1. The number of nitrogens with zero attached hydrogens (tertiary/aromatic N) is 4. The zero-order valence-corrected chi connectivity index (χ0v) is 21.7. The van der Waals surface area contributed by atoms with Crippen LogP contribution < -0.4 is 4.90 Å². The maximum absolute atomic E-state index is 12.5. The molecule has 0 saturated carbocycles. The lowest BCUT2D eigenvalue weighted by atomic mass is 10.2. The number of pyridine rings is 1. The molecule has 5 rings (SSSR count). The molecule has 3 aliphatic heterocycles. The minimum absolute atomic E-state index is 0.159. The van der Waals surface area contributed by atoms with Crippen molar-refractivity contribution in [3.05, 3.63) is 41.6 Å². The molecule has 0 spiro atoms. The smallest absolute Gasteiger partial charge is 0.410 e. The third kappa shape index (κ3) is 5.02. The van der Waals surface area contributed by atoms with Crippen molar-refractivity contribution in [2.45, 2.75) is 73.9 Å². The minimum Gasteiger partial charge on any atom is -0.444 e. The summed E-state index contributed by atoms with van der Waals surface area (Å²) in [5.74, 6) is 1.03. The van der Waals surface area contributed by atoms with Crippen LogP contribution in [-0.2, 0) is 4.74 Å². The van der Waals surface area contributed by atoms with E-state index in [1.165, 1.54) is 9.79 Å². The number of halogens is 1. The van der Waals surface area contributed by atoms with E-state index in [9.17, 15) is 4.79 Å². The molecule has 3 aliphatic rings. The van der Waals surface area contributed by atoms with Crippen molar-refractivity contribution in [1.82, 2.24) is 14.8 Å². The van der Waals surface area contributed by atoms with Crippen molar-refractivity contribution in [1.29, 1.82) is 0 Å². The van der Waals surface area contributed by atoms with E-state index in [0.29, 0.717) is 12.1 Å². The molecule has 2 atom stereocenters. The second-order valence-corrected chi connectivity index (χ2v) is 11.9. The number of likely N-dealkylation sites (tertiary alicyclic amines) is 2. The first-order valence-corrected chi connectivity index (χ1v) is 13.4. The summed E-state index contributed by atoms with van der Waals surface area (Å²) in [7, 11) is 0. The van der Waals surface area contributed by atoms with Crippen LogP contribution in [0.15, 0.2) is 46.3 Å². The molecule has 1 aromatic carbocycles. The highest BCUT2D eigenvalue weighted by molar-refractivity contribution is 7.99. The molecule has 0 aliphatic carbocycles. The van der Waals surface area contributed by atoms with Gasteiger partial charge in [0.25, 0.3) is 0 Å². The Hall–Kier alpha value is -1.96. The predicted octanol–water partition coefficient (Wildman–Crippen LogP) is 6.20. The molecule has 2 unspecified atom stereocenters. The van der Waals surface area contributed by atoms with Crippen LogP contribution >= 0.6 is 23.4 Å². The molecule has 0 N–H and O–H groups in total. The normalized spacial score (nSPS) is 21.5. The van der Waals surface area contributed by atoms with E-state index >= 15 is 0 Å². The Morgan fingerprint density at radius 3 is 2.71 bits per heavy atom. The van der Waals surface area contributed by atoms with Crippen LogP contribution in [0, 0.1) is 0 Å². The van der Waals surface area contributed by atoms with Gasteiger partial charge in [0.1, 0.15) is 11.4 Å². The quantitative estimate of drug-likeness (QED) is 0.440. The maximum atomic E-state index is 12.5. The zero-order valence-electron chi connectivity index (χ0n) is 20.2. The van der Waals surface area contributed by atoms with Crippen LogP contribution in [-0.4, -0.2) is 64.7 Å². The number of hydrogen-bond donors (Lipinski definition) is 0. The second-order valence-electron chi connectivity index (χ2n) is 10.4. The lowest BCUT2D eigenvalue weighted by Gasteiger charge is -2.35. The van der Waals surface area contributed by atoms with Crippen molar-refractivity contribution in [3.8, 4) is 0 Å². The fourth-order valence-corrected chi connectivity index (χ4v) is 6.45. The molecule has 1 amide bonds. The number of hydrogen-bond acceptors (Lipinski definition) is 6. The van der Waals surface area contributed by atoms with E-state index in [-0.39, 0.29) is 6.09 Å². The van der Waals surface area contributed by atoms with E-state index in [1.54, 1.807) is 11.8 Å². The van der Waals surface area contributed by atoms with Crippen LogP contribution in [0.25, 0.3) is 0 Å². The van der Waals surface area contributed by atoms with Gasteiger partial charge in [0.05, 0.1) is 10.6 Å². The third-order valence-electron chi connectivity index (χ3n) is 6.75. The zero-order chi connectivity index (χ0) is 23.9. The number of aromatic nitrogens is 1. The summed E-state index contributed by atoms with van der Waals surface area (Å²) in [5.41, 5.74) is 0.718. The average Bonchev–Trinajstić information content (AvgIpc) is 3.38. The first-order chi connectivity index (χ1) is 16.3. The van der Waals surface area contributed by atoms with Gasteiger partial charge in [0, 0.05) is 47.8 Å². The third-order valence-corrected chi connectivity index (χ3v) is 8.09. The van der Waals surface area contributed by atoms with Crippen LogP contribution in [0.3, 0.4) is 0 Å². The minimum atomic E-state index is -0.437. The number of piperazine rings is 1. The van der Waals surface area contributed by atoms with Gasteiger partial charge in [-0.15, -0.1) is 0 Å². The molecule has 182 valence electrons. The Kier molecular flexibility index (Phi) is 6.70. The molecular weight excluding hydrogens is 468 g/mol. The van der Waals surface area contributed by atoms with Crippen molar-refractivity contribution >= 4 is 41.0 Å². The Morgan fingerprint density at radius 1 is 1.12 bits per heavy atom. The van der Waals surface area contributed by atoms with E-state index in [2.05, 4.69) is 33.0 Å². The largest absolute Gasteiger partial charge is 0.444 e. The summed E-state index contributed by atoms with van der Waals surface area (Å²) >= 11 is 8.08. The van der Waals surface area contributed by atoms with Crippen LogP contribution in [0.2, 0.25) is 5.02 Å². The molecule has 1 aromatic heterocycles. The number of anilines is 2. The molecular formula is C26H33ClN4O2S. The van der Waals surface area contributed by atoms with Gasteiger partial charge in [0.2, 0.25) is 0 Å². The predicted molar refractivity (Wildman–Crippen MR) is 137 cm³/mol. The number of unbranched alkanes of at least 4 members (excludes halogenated alkanes) is 2. The van der Waals surface area contributed by atoms with Gasteiger partial charge in [-0.25, -0.2) is 9.78 Å². The highest BCUT2D eigenvalue weighted by atomic mass is 35.5. The highest BCUT2D eigenvalue weighted by Crippen LogP contribution is 2.47. The van der Waals surface area contributed by atoms with Gasteiger partial charge < -0.3 is 14.5 Å². The number of rotatable bonds is 6. The molecule has 6 nitrogen and oxygen atoms in total. The SMILES string of the molecule is CC(C)(C)OC(=O)N1CC2CC1CN2CCCCCN1c2cc(Cl)ccc2Sc2cccnc21. The molecule has 2 fully saturated rings. The number of amides is 1. The number of ether oxygens (including phenoxy) is 1. The van der Waals surface area contributed by atoms with Crippen molar-refractivity contribution < 1.29 is 9.53 Å². The fourth-order valence-electron chi connectivity index (χ4n) is 5.24. The first-order valence-electron chi connectivity index (χ1n) is 12.2. The summed E-state index contributed by atoms with van der Waals surface area (Å²) < 4.78 is 5.59. The van der Waals surface area contributed by atoms with E-state index in [4.69, 9.17) is 16.3 Å². The average molecular weight is 501 g/mol. The maximum Gasteiger partial charge on any atom is 0.410 e. The molecule has 4 heterocycles. The number of carbonyl (C=O) groups is 1. The molecule has 8 heteroatoms. The monoisotopic (exact) mass is 500 g/mol. The molecule has 2 bridgehead atoms. The van der Waals surface area contributed by atoms with Gasteiger partial charge in [-0.05, 0) is 76.9 Å².